The van der Waals surface area contributed by atoms with Crippen LogP contribution >= 0.6 is 0 Å². The highest BCUT2D eigenvalue weighted by molar-refractivity contribution is 5.94. The number of hydrogen-bond acceptors (Lipinski definition) is 3. The quantitative estimate of drug-likeness (QED) is 0.316. The zero-order chi connectivity index (χ0) is 24.1. The van der Waals surface area contributed by atoms with Gasteiger partial charge in [-0.3, -0.25) is 4.79 Å². The molecule has 4 aromatic rings. The monoisotopic (exact) mass is 455 g/mol. The number of carbonyl (C=O) groups is 1. The molecule has 0 aliphatic heterocycles. The van der Waals surface area contributed by atoms with Gasteiger partial charge in [0.05, 0.1) is 23.6 Å². The van der Waals surface area contributed by atoms with Crippen molar-refractivity contribution in [2.75, 3.05) is 6.61 Å². The van der Waals surface area contributed by atoms with Gasteiger partial charge in [-0.25, -0.2) is 4.98 Å². The number of rotatable bonds is 9. The van der Waals surface area contributed by atoms with E-state index in [0.29, 0.717) is 24.6 Å². The summed E-state index contributed by atoms with van der Waals surface area (Å²) in [4.78, 5) is 17.7. The number of hydrogen-bond donors (Lipinski definition) is 1. The number of ether oxygens (including phenoxy) is 1. The highest BCUT2D eigenvalue weighted by Crippen LogP contribution is 2.23. The molecule has 0 bridgehead atoms. The lowest BCUT2D eigenvalue weighted by Crippen LogP contribution is -2.29. The van der Waals surface area contributed by atoms with Crippen molar-refractivity contribution in [1.82, 2.24) is 14.9 Å². The predicted molar refractivity (Wildman–Crippen MR) is 137 cm³/mol. The third kappa shape index (κ3) is 5.30. The molecule has 0 aliphatic rings. The van der Waals surface area contributed by atoms with E-state index in [0.717, 1.165) is 34.6 Å². The van der Waals surface area contributed by atoms with Crippen molar-refractivity contribution in [3.8, 4) is 5.75 Å². The molecule has 5 nitrogen and oxygen atoms in total. The van der Waals surface area contributed by atoms with Crippen LogP contribution in [0.3, 0.4) is 0 Å². The number of fused-ring (bicyclic) bond motifs is 1. The van der Waals surface area contributed by atoms with Gasteiger partial charge in [-0.15, -0.1) is 0 Å². The molecule has 1 N–H and O–H groups in total. The molecule has 34 heavy (non-hydrogen) atoms. The van der Waals surface area contributed by atoms with E-state index in [1.54, 1.807) is 0 Å². The van der Waals surface area contributed by atoms with Gasteiger partial charge >= 0.3 is 0 Å². The van der Waals surface area contributed by atoms with E-state index in [1.807, 2.05) is 68.4 Å². The lowest BCUT2D eigenvalue weighted by molar-refractivity contribution is 0.0937. The molecule has 5 heteroatoms. The molecule has 1 heterocycles. The second kappa shape index (κ2) is 10.6. The maximum absolute atomic E-state index is 12.8. The number of amides is 1. The number of aromatic nitrogens is 2. The first kappa shape index (κ1) is 23.6. The average molecular weight is 456 g/mol. The van der Waals surface area contributed by atoms with Gasteiger partial charge in [0.15, 0.2) is 0 Å². The second-order valence-electron chi connectivity index (χ2n) is 8.90. The van der Waals surface area contributed by atoms with Gasteiger partial charge in [-0.1, -0.05) is 55.8 Å². The van der Waals surface area contributed by atoms with Gasteiger partial charge < -0.3 is 14.6 Å². The van der Waals surface area contributed by atoms with E-state index in [4.69, 9.17) is 9.72 Å². The van der Waals surface area contributed by atoms with E-state index in [9.17, 15) is 4.79 Å². The molecule has 0 spiro atoms. The van der Waals surface area contributed by atoms with Crippen LogP contribution in [-0.4, -0.2) is 22.1 Å². The molecular weight excluding hydrogens is 422 g/mol. The fourth-order valence-corrected chi connectivity index (χ4v) is 4.17. The predicted octanol–water partition coefficient (Wildman–Crippen LogP) is 6.43. The Bertz CT molecular complexity index is 1260. The molecule has 0 radical (unpaired) electrons. The molecule has 0 aliphatic carbocycles. The first-order valence-corrected chi connectivity index (χ1v) is 12.0. The number of aryl methyl sites for hydroxylation is 1. The van der Waals surface area contributed by atoms with Crippen molar-refractivity contribution in [2.45, 2.75) is 52.6 Å². The maximum Gasteiger partial charge on any atom is 0.251 e. The number of imidazole rings is 1. The molecule has 0 saturated carbocycles. The van der Waals surface area contributed by atoms with E-state index in [2.05, 4.69) is 41.9 Å². The summed E-state index contributed by atoms with van der Waals surface area (Å²) in [5.41, 5.74) is 4.98. The largest absolute Gasteiger partial charge is 0.492 e. The Hall–Kier alpha value is -3.60. The van der Waals surface area contributed by atoms with Crippen LogP contribution < -0.4 is 10.1 Å². The summed E-state index contributed by atoms with van der Waals surface area (Å²) in [6.07, 6.45) is 1.12. The number of nitrogens with one attached hydrogen (secondary N) is 1. The standard InChI is InChI=1S/C29H33N3O2/c1-5-21(3)23-13-15-25(16-14-23)34-18-17-32-27-12-7-6-11-26(27)31-28(32)22(4)30-29(33)24-10-8-9-20(2)19-24/h6-16,19,21-22H,5,17-18H2,1-4H3,(H,30,33). The van der Waals surface area contributed by atoms with Crippen molar-refractivity contribution >= 4 is 16.9 Å². The molecule has 176 valence electrons. The summed E-state index contributed by atoms with van der Waals surface area (Å²) in [6, 6.07) is 23.8. The third-order valence-corrected chi connectivity index (χ3v) is 6.34. The zero-order valence-electron chi connectivity index (χ0n) is 20.4. The van der Waals surface area contributed by atoms with Gasteiger partial charge in [0.25, 0.3) is 5.91 Å². The van der Waals surface area contributed by atoms with Crippen LogP contribution in [0.25, 0.3) is 11.0 Å². The highest BCUT2D eigenvalue weighted by Gasteiger charge is 2.19. The fourth-order valence-electron chi connectivity index (χ4n) is 4.17. The summed E-state index contributed by atoms with van der Waals surface area (Å²) < 4.78 is 8.20. The van der Waals surface area contributed by atoms with Crippen LogP contribution in [-0.2, 0) is 6.54 Å². The third-order valence-electron chi connectivity index (χ3n) is 6.34. The van der Waals surface area contributed by atoms with Gasteiger partial charge in [-0.2, -0.15) is 0 Å². The normalized spacial score (nSPS) is 12.9. The average Bonchev–Trinajstić information content (AvgIpc) is 3.23. The fraction of sp³-hybridized carbons (Fsp3) is 0.310. The zero-order valence-corrected chi connectivity index (χ0v) is 20.4. The Balaban J connectivity index is 1.49. The Labute approximate surface area is 201 Å². The van der Waals surface area contributed by atoms with E-state index in [-0.39, 0.29) is 11.9 Å². The van der Waals surface area contributed by atoms with Crippen LogP contribution in [0.5, 0.6) is 5.75 Å². The summed E-state index contributed by atoms with van der Waals surface area (Å²) in [6.45, 7) is 9.53. The Morgan fingerprint density at radius 3 is 2.53 bits per heavy atom. The smallest absolute Gasteiger partial charge is 0.251 e. The van der Waals surface area contributed by atoms with E-state index < -0.39 is 0 Å². The lowest BCUT2D eigenvalue weighted by atomic mass is 9.99. The molecule has 2 atom stereocenters. The van der Waals surface area contributed by atoms with E-state index in [1.165, 1.54) is 5.56 Å². The van der Waals surface area contributed by atoms with Crippen LogP contribution in [0.2, 0.25) is 0 Å². The minimum Gasteiger partial charge on any atom is -0.492 e. The molecule has 4 rings (SSSR count). The molecule has 1 aromatic heterocycles. The molecule has 3 aromatic carbocycles. The van der Waals surface area contributed by atoms with Crippen molar-refractivity contribution < 1.29 is 9.53 Å². The van der Waals surface area contributed by atoms with Crippen LogP contribution in [0, 0.1) is 6.92 Å². The molecular formula is C29H33N3O2. The van der Waals surface area contributed by atoms with Crippen LogP contribution in [0.4, 0.5) is 0 Å². The van der Waals surface area contributed by atoms with Crippen molar-refractivity contribution in [1.29, 1.82) is 0 Å². The number of nitrogens with zero attached hydrogens (tertiary/aromatic N) is 2. The number of carbonyl (C=O) groups excluding carboxylic acids is 1. The first-order valence-electron chi connectivity index (χ1n) is 12.0. The van der Waals surface area contributed by atoms with Gasteiger partial charge in [0, 0.05) is 5.56 Å². The highest BCUT2D eigenvalue weighted by atomic mass is 16.5. The topological polar surface area (TPSA) is 56.1 Å². The Morgan fingerprint density at radius 1 is 1.03 bits per heavy atom. The maximum atomic E-state index is 12.8. The van der Waals surface area contributed by atoms with Crippen molar-refractivity contribution in [3.63, 3.8) is 0 Å². The summed E-state index contributed by atoms with van der Waals surface area (Å²) in [5.74, 6) is 2.12. The lowest BCUT2D eigenvalue weighted by Gasteiger charge is -2.17. The number of para-hydroxylation sites is 2. The summed E-state index contributed by atoms with van der Waals surface area (Å²) >= 11 is 0. The van der Waals surface area contributed by atoms with Gasteiger partial charge in [-0.05, 0) is 68.1 Å². The molecule has 2 unspecified atom stereocenters. The first-order chi connectivity index (χ1) is 16.5. The molecule has 1 amide bonds. The number of benzene rings is 3. The summed E-state index contributed by atoms with van der Waals surface area (Å²) in [5, 5.41) is 3.11. The second-order valence-corrected chi connectivity index (χ2v) is 8.90. The van der Waals surface area contributed by atoms with Gasteiger partial charge in [0.2, 0.25) is 0 Å². The Kier molecular flexibility index (Phi) is 7.31. The van der Waals surface area contributed by atoms with Crippen LogP contribution in [0.15, 0.2) is 72.8 Å². The Morgan fingerprint density at radius 2 is 1.79 bits per heavy atom. The summed E-state index contributed by atoms with van der Waals surface area (Å²) in [7, 11) is 0. The van der Waals surface area contributed by atoms with Crippen LogP contribution in [0.1, 0.15) is 66.5 Å². The minimum atomic E-state index is -0.254. The van der Waals surface area contributed by atoms with Crippen molar-refractivity contribution in [2.24, 2.45) is 0 Å². The minimum absolute atomic E-state index is 0.104. The molecule has 0 saturated heterocycles. The van der Waals surface area contributed by atoms with Crippen molar-refractivity contribution in [3.05, 3.63) is 95.3 Å². The SMILES string of the molecule is CCC(C)c1ccc(OCCn2c(C(C)NC(=O)c3cccc(C)c3)nc3ccccc32)cc1. The molecule has 0 fully saturated rings. The van der Waals surface area contributed by atoms with Gasteiger partial charge in [0.1, 0.15) is 18.2 Å². The van der Waals surface area contributed by atoms with E-state index >= 15 is 0 Å².